The average Bonchev–Trinajstić information content (AvgIpc) is 3.08. The second-order valence-corrected chi connectivity index (χ2v) is 7.20. The van der Waals surface area contributed by atoms with Crippen molar-refractivity contribution in [2.45, 2.75) is 6.92 Å². The maximum atomic E-state index is 13.0. The number of hydrogen-bond acceptors (Lipinski definition) is 7. The van der Waals surface area contributed by atoms with Gasteiger partial charge in [-0.1, -0.05) is 17.4 Å². The Labute approximate surface area is 156 Å². The second kappa shape index (κ2) is 7.92. The zero-order chi connectivity index (χ0) is 18.7. The molecular weight excluding hydrogens is 354 g/mol. The molecule has 1 aliphatic heterocycles. The molecule has 0 atom stereocenters. The summed E-state index contributed by atoms with van der Waals surface area (Å²) in [6.45, 7) is 4.04. The highest BCUT2D eigenvalue weighted by atomic mass is 32.1. The maximum absolute atomic E-state index is 13.0. The Hall–Kier alpha value is -2.32. The molecule has 0 saturated carbocycles. The first-order valence-corrected chi connectivity index (χ1v) is 9.18. The van der Waals surface area contributed by atoms with E-state index in [0.29, 0.717) is 37.2 Å². The summed E-state index contributed by atoms with van der Waals surface area (Å²) >= 11 is 1.48. The Balaban J connectivity index is 2.00. The van der Waals surface area contributed by atoms with Crippen molar-refractivity contribution in [3.63, 3.8) is 0 Å². The molecule has 1 amide bonds. The number of methoxy groups -OCH3 is 1. The van der Waals surface area contributed by atoms with E-state index in [1.54, 1.807) is 12.0 Å². The minimum absolute atomic E-state index is 0.206. The number of benzene rings is 1. The minimum atomic E-state index is -0.248. The van der Waals surface area contributed by atoms with Gasteiger partial charge in [-0.15, -0.1) is 0 Å². The van der Waals surface area contributed by atoms with Crippen molar-refractivity contribution in [2.24, 2.45) is 0 Å². The van der Waals surface area contributed by atoms with Crippen LogP contribution in [0.25, 0.3) is 10.2 Å². The molecule has 0 N–H and O–H groups in total. The largest absolute Gasteiger partial charge is 0.494 e. The molecule has 0 spiro atoms. The molecule has 0 saturated heterocycles. The van der Waals surface area contributed by atoms with Crippen molar-refractivity contribution in [1.29, 1.82) is 0 Å². The first-order valence-electron chi connectivity index (χ1n) is 8.36. The molecule has 1 aromatic carbocycles. The maximum Gasteiger partial charge on any atom is 0.298 e. The number of carbonyl (C=O) groups is 1. The fraction of sp³-hybridized carbons (Fsp3) is 0.444. The van der Waals surface area contributed by atoms with E-state index in [2.05, 4.69) is 0 Å². The van der Waals surface area contributed by atoms with Crippen LogP contribution in [0.5, 0.6) is 5.75 Å². The first kappa shape index (κ1) is 18.5. The number of thiazole rings is 1. The van der Waals surface area contributed by atoms with E-state index in [1.807, 2.05) is 38.1 Å². The van der Waals surface area contributed by atoms with Crippen LogP contribution in [-0.2, 0) is 14.3 Å². The molecule has 0 aliphatic carbocycles. The number of nitrogens with zero attached hydrogens (tertiary/aromatic N) is 3. The standard InChI is InChI=1S/C18H23N3O4S/c1-12-5-6-13(23-4)15-16(12)26-18(19-15)21(8-7-20(2)3)17(22)14-11-24-9-10-25-14/h5-6,11H,7-10H2,1-4H3. The predicted octanol–water partition coefficient (Wildman–Crippen LogP) is 2.40. The van der Waals surface area contributed by atoms with Gasteiger partial charge in [0.15, 0.2) is 5.13 Å². The summed E-state index contributed by atoms with van der Waals surface area (Å²) in [7, 11) is 5.55. The number of fused-ring (bicyclic) bond motifs is 1. The van der Waals surface area contributed by atoms with E-state index < -0.39 is 0 Å². The lowest BCUT2D eigenvalue weighted by Crippen LogP contribution is -2.38. The Kier molecular flexibility index (Phi) is 5.63. The first-order chi connectivity index (χ1) is 12.5. The van der Waals surface area contributed by atoms with E-state index in [-0.39, 0.29) is 11.7 Å². The van der Waals surface area contributed by atoms with Crippen molar-refractivity contribution in [3.8, 4) is 5.75 Å². The third-order valence-corrected chi connectivity index (χ3v) is 5.23. The molecule has 0 fully saturated rings. The van der Waals surface area contributed by atoms with Crippen LogP contribution >= 0.6 is 11.3 Å². The van der Waals surface area contributed by atoms with Gasteiger partial charge in [0.2, 0.25) is 5.76 Å². The third-order valence-electron chi connectivity index (χ3n) is 4.02. The van der Waals surface area contributed by atoms with Crippen molar-refractivity contribution < 1.29 is 19.0 Å². The van der Waals surface area contributed by atoms with Crippen LogP contribution in [-0.4, -0.2) is 63.3 Å². The number of amides is 1. The van der Waals surface area contributed by atoms with Gasteiger partial charge in [-0.05, 0) is 32.6 Å². The molecule has 7 nitrogen and oxygen atoms in total. The normalized spacial score (nSPS) is 14.0. The Morgan fingerprint density at radius 3 is 2.77 bits per heavy atom. The predicted molar refractivity (Wildman–Crippen MR) is 102 cm³/mol. The SMILES string of the molecule is COc1ccc(C)c2sc(N(CCN(C)C)C(=O)C3=COCCO3)nc12. The number of aromatic nitrogens is 1. The van der Waals surface area contributed by atoms with Crippen molar-refractivity contribution in [1.82, 2.24) is 9.88 Å². The molecular formula is C18H23N3O4S. The molecule has 0 unspecified atom stereocenters. The number of anilines is 1. The van der Waals surface area contributed by atoms with Crippen LogP contribution in [0.3, 0.4) is 0 Å². The van der Waals surface area contributed by atoms with Gasteiger partial charge < -0.3 is 19.1 Å². The summed E-state index contributed by atoms with van der Waals surface area (Å²) in [4.78, 5) is 21.4. The number of carbonyl (C=O) groups excluding carboxylic acids is 1. The highest BCUT2D eigenvalue weighted by Crippen LogP contribution is 2.36. The topological polar surface area (TPSA) is 64.1 Å². The zero-order valence-corrected chi connectivity index (χ0v) is 16.3. The fourth-order valence-electron chi connectivity index (χ4n) is 2.58. The molecule has 2 aromatic rings. The fourth-order valence-corrected chi connectivity index (χ4v) is 3.65. The zero-order valence-electron chi connectivity index (χ0n) is 15.4. The monoisotopic (exact) mass is 377 g/mol. The van der Waals surface area contributed by atoms with Crippen LogP contribution in [0, 0.1) is 6.92 Å². The van der Waals surface area contributed by atoms with Crippen molar-refractivity contribution in [2.75, 3.05) is 52.4 Å². The summed E-state index contributed by atoms with van der Waals surface area (Å²) in [5, 5.41) is 0.620. The summed E-state index contributed by atoms with van der Waals surface area (Å²) in [5.74, 6) is 0.657. The number of rotatable bonds is 6. The van der Waals surface area contributed by atoms with Crippen molar-refractivity contribution in [3.05, 3.63) is 29.7 Å². The van der Waals surface area contributed by atoms with E-state index in [1.165, 1.54) is 17.6 Å². The summed E-state index contributed by atoms with van der Waals surface area (Å²) in [6, 6.07) is 3.89. The molecule has 8 heteroatoms. The average molecular weight is 377 g/mol. The van der Waals surface area contributed by atoms with Crippen LogP contribution < -0.4 is 9.64 Å². The number of aryl methyl sites for hydroxylation is 1. The Morgan fingerprint density at radius 2 is 2.12 bits per heavy atom. The quantitative estimate of drug-likeness (QED) is 0.770. The van der Waals surface area contributed by atoms with E-state index in [4.69, 9.17) is 19.2 Å². The van der Waals surface area contributed by atoms with E-state index in [9.17, 15) is 4.79 Å². The van der Waals surface area contributed by atoms with Gasteiger partial charge in [-0.25, -0.2) is 4.98 Å². The molecule has 1 aromatic heterocycles. The minimum Gasteiger partial charge on any atom is -0.494 e. The van der Waals surface area contributed by atoms with Crippen LogP contribution in [0.1, 0.15) is 5.56 Å². The Morgan fingerprint density at radius 1 is 1.31 bits per heavy atom. The summed E-state index contributed by atoms with van der Waals surface area (Å²) < 4.78 is 17.2. The molecule has 0 radical (unpaired) electrons. The molecule has 3 rings (SSSR count). The summed E-state index contributed by atoms with van der Waals surface area (Å²) in [5.41, 5.74) is 1.87. The number of hydrogen-bond donors (Lipinski definition) is 0. The van der Waals surface area contributed by atoms with Crippen molar-refractivity contribution >= 4 is 32.6 Å². The van der Waals surface area contributed by atoms with Crippen LogP contribution in [0.15, 0.2) is 24.2 Å². The van der Waals surface area contributed by atoms with E-state index in [0.717, 1.165) is 15.8 Å². The number of ether oxygens (including phenoxy) is 3. The molecule has 26 heavy (non-hydrogen) atoms. The molecule has 1 aliphatic rings. The van der Waals surface area contributed by atoms with Gasteiger partial charge in [0.25, 0.3) is 5.91 Å². The summed E-state index contributed by atoms with van der Waals surface area (Å²) in [6.07, 6.45) is 1.38. The van der Waals surface area contributed by atoms with Crippen LogP contribution in [0.4, 0.5) is 5.13 Å². The van der Waals surface area contributed by atoms with Gasteiger partial charge >= 0.3 is 0 Å². The highest BCUT2D eigenvalue weighted by Gasteiger charge is 2.27. The van der Waals surface area contributed by atoms with Crippen LogP contribution in [0.2, 0.25) is 0 Å². The molecule has 2 heterocycles. The lowest BCUT2D eigenvalue weighted by molar-refractivity contribution is -0.119. The van der Waals surface area contributed by atoms with Gasteiger partial charge in [-0.3, -0.25) is 9.69 Å². The van der Waals surface area contributed by atoms with Gasteiger partial charge in [0, 0.05) is 13.1 Å². The molecule has 140 valence electrons. The van der Waals surface area contributed by atoms with Gasteiger partial charge in [-0.2, -0.15) is 0 Å². The number of likely N-dealkylation sites (N-methyl/N-ethyl adjacent to an activating group) is 1. The second-order valence-electron chi connectivity index (χ2n) is 6.22. The van der Waals surface area contributed by atoms with Gasteiger partial charge in [0.05, 0.1) is 11.8 Å². The lowest BCUT2D eigenvalue weighted by atomic mass is 10.2. The molecule has 0 bridgehead atoms. The smallest absolute Gasteiger partial charge is 0.298 e. The lowest BCUT2D eigenvalue weighted by Gasteiger charge is -2.24. The Bertz CT molecular complexity index is 831. The van der Waals surface area contributed by atoms with Gasteiger partial charge in [0.1, 0.15) is 30.7 Å². The van der Waals surface area contributed by atoms with E-state index >= 15 is 0 Å². The third kappa shape index (κ3) is 3.76. The highest BCUT2D eigenvalue weighted by molar-refractivity contribution is 7.22.